The van der Waals surface area contributed by atoms with Crippen LogP contribution in [0.4, 0.5) is 0 Å². The number of pyridine rings is 1. The molecule has 0 aliphatic rings. The van der Waals surface area contributed by atoms with Gasteiger partial charge in [0.05, 0.1) is 11.3 Å². The number of carboxylic acids is 1. The van der Waals surface area contributed by atoms with Gasteiger partial charge in [-0.25, -0.2) is 4.79 Å². The summed E-state index contributed by atoms with van der Waals surface area (Å²) in [6.07, 6.45) is 3.81. The van der Waals surface area contributed by atoms with Crippen LogP contribution in [0.25, 0.3) is 5.57 Å². The molecular weight excluding hydrogens is 232 g/mol. The number of aryl methyl sites for hydroxylation is 1. The number of carbonyl (C=O) groups is 1. The number of hydrogen-bond donors (Lipinski definition) is 3. The van der Waals surface area contributed by atoms with E-state index in [4.69, 9.17) is 10.8 Å². The molecule has 4 N–H and O–H groups in total. The fourth-order valence-corrected chi connectivity index (χ4v) is 1.49. The first-order chi connectivity index (χ1) is 8.33. The number of carboxylic acid groups (broad SMARTS) is 1. The maximum Gasteiger partial charge on any atom is 0.339 e. The Morgan fingerprint density at radius 2 is 2.22 bits per heavy atom. The summed E-state index contributed by atoms with van der Waals surface area (Å²) in [5.74, 6) is -1.11. The van der Waals surface area contributed by atoms with E-state index in [9.17, 15) is 9.90 Å². The summed E-state index contributed by atoms with van der Waals surface area (Å²) in [6, 6.07) is 3.48. The third kappa shape index (κ3) is 4.18. The van der Waals surface area contributed by atoms with Crippen molar-refractivity contribution in [3.8, 4) is 0 Å². The van der Waals surface area contributed by atoms with Crippen molar-refractivity contribution < 1.29 is 15.0 Å². The fourth-order valence-electron chi connectivity index (χ4n) is 1.49. The molecular formula is C13H18N2O3. The number of aliphatic carboxylic acids is 1. The van der Waals surface area contributed by atoms with Crippen LogP contribution in [0.1, 0.15) is 31.5 Å². The highest BCUT2D eigenvalue weighted by molar-refractivity contribution is 6.14. The van der Waals surface area contributed by atoms with Gasteiger partial charge in [-0.1, -0.05) is 0 Å². The van der Waals surface area contributed by atoms with Crippen LogP contribution < -0.4 is 5.73 Å². The van der Waals surface area contributed by atoms with Crippen LogP contribution in [0.3, 0.4) is 0 Å². The van der Waals surface area contributed by atoms with Gasteiger partial charge in [-0.3, -0.25) is 4.98 Å². The standard InChI is InChI=1S/C13H18N2O3/c1-13(2,18)5-3-9-4-6-15-11(7-9)10(8-14)12(16)17/h4,6-8,18H,3,5,14H2,1-2H3,(H,16,17)/b10-8+. The lowest BCUT2D eigenvalue weighted by molar-refractivity contribution is -0.130. The van der Waals surface area contributed by atoms with E-state index in [-0.39, 0.29) is 5.57 Å². The Hall–Kier alpha value is -1.88. The van der Waals surface area contributed by atoms with Gasteiger partial charge in [0, 0.05) is 12.4 Å². The van der Waals surface area contributed by atoms with Gasteiger partial charge in [0.25, 0.3) is 0 Å². The van der Waals surface area contributed by atoms with Crippen molar-refractivity contribution in [3.05, 3.63) is 35.8 Å². The Balaban J connectivity index is 2.89. The molecule has 18 heavy (non-hydrogen) atoms. The molecule has 0 amide bonds. The first kappa shape index (κ1) is 14.2. The lowest BCUT2D eigenvalue weighted by Crippen LogP contribution is -2.19. The molecule has 1 aromatic rings. The topological polar surface area (TPSA) is 96.4 Å². The van der Waals surface area contributed by atoms with Crippen LogP contribution in [0, 0.1) is 0 Å². The fraction of sp³-hybridized carbons (Fsp3) is 0.385. The van der Waals surface area contributed by atoms with Crippen LogP contribution in [-0.2, 0) is 11.2 Å². The number of nitrogens with zero attached hydrogens (tertiary/aromatic N) is 1. The van der Waals surface area contributed by atoms with Gasteiger partial charge in [-0.2, -0.15) is 0 Å². The smallest absolute Gasteiger partial charge is 0.339 e. The lowest BCUT2D eigenvalue weighted by Gasteiger charge is -2.16. The summed E-state index contributed by atoms with van der Waals surface area (Å²) in [5, 5.41) is 18.6. The summed E-state index contributed by atoms with van der Waals surface area (Å²) in [6.45, 7) is 3.47. The third-order valence-corrected chi connectivity index (χ3v) is 2.52. The van der Waals surface area contributed by atoms with Crippen molar-refractivity contribution in [2.45, 2.75) is 32.3 Å². The van der Waals surface area contributed by atoms with Gasteiger partial charge in [-0.05, 0) is 44.4 Å². The van der Waals surface area contributed by atoms with Crippen LogP contribution in [0.2, 0.25) is 0 Å². The zero-order chi connectivity index (χ0) is 13.8. The van der Waals surface area contributed by atoms with E-state index in [1.54, 1.807) is 32.2 Å². The Kier molecular flexibility index (Phi) is 4.44. The molecule has 5 nitrogen and oxygen atoms in total. The summed E-state index contributed by atoms with van der Waals surface area (Å²) < 4.78 is 0. The molecule has 0 unspecified atom stereocenters. The van der Waals surface area contributed by atoms with Crippen molar-refractivity contribution in [1.82, 2.24) is 4.98 Å². The Bertz CT molecular complexity index is 462. The van der Waals surface area contributed by atoms with Gasteiger partial charge in [-0.15, -0.1) is 0 Å². The molecule has 0 saturated carbocycles. The number of nitrogens with two attached hydrogens (primary N) is 1. The normalized spacial score (nSPS) is 12.5. The molecule has 0 saturated heterocycles. The molecule has 0 aliphatic heterocycles. The average Bonchev–Trinajstić information content (AvgIpc) is 2.26. The quantitative estimate of drug-likeness (QED) is 0.682. The molecule has 0 aliphatic carbocycles. The second-order valence-electron chi connectivity index (χ2n) is 4.75. The minimum atomic E-state index is -1.11. The van der Waals surface area contributed by atoms with Gasteiger partial charge < -0.3 is 15.9 Å². The first-order valence-electron chi connectivity index (χ1n) is 5.66. The molecule has 0 bridgehead atoms. The molecule has 1 aromatic heterocycles. The van der Waals surface area contributed by atoms with Crippen LogP contribution in [0.5, 0.6) is 0 Å². The van der Waals surface area contributed by atoms with Gasteiger partial charge in [0.15, 0.2) is 0 Å². The first-order valence-corrected chi connectivity index (χ1v) is 5.66. The number of aromatic nitrogens is 1. The summed E-state index contributed by atoms with van der Waals surface area (Å²) in [7, 11) is 0. The molecule has 5 heteroatoms. The minimum absolute atomic E-state index is 0.0277. The maximum atomic E-state index is 10.9. The van der Waals surface area contributed by atoms with E-state index in [0.29, 0.717) is 18.5 Å². The number of hydrogen-bond acceptors (Lipinski definition) is 4. The SMILES string of the molecule is CC(C)(O)CCc1ccnc(/C(=C\N)C(=O)O)c1. The van der Waals surface area contributed by atoms with Crippen molar-refractivity contribution >= 4 is 11.5 Å². The number of rotatable bonds is 5. The molecule has 0 radical (unpaired) electrons. The lowest BCUT2D eigenvalue weighted by atomic mass is 9.98. The van der Waals surface area contributed by atoms with Crippen LogP contribution in [0.15, 0.2) is 24.5 Å². The molecule has 1 rings (SSSR count). The van der Waals surface area contributed by atoms with Crippen LogP contribution >= 0.6 is 0 Å². The van der Waals surface area contributed by atoms with Gasteiger partial charge in [0.1, 0.15) is 5.57 Å². The maximum absolute atomic E-state index is 10.9. The second-order valence-corrected chi connectivity index (χ2v) is 4.75. The number of aliphatic hydroxyl groups is 1. The van der Waals surface area contributed by atoms with E-state index < -0.39 is 11.6 Å². The molecule has 1 heterocycles. The highest BCUT2D eigenvalue weighted by Gasteiger charge is 2.14. The van der Waals surface area contributed by atoms with Gasteiger partial charge in [0.2, 0.25) is 0 Å². The molecule has 98 valence electrons. The molecule has 0 fully saturated rings. The van der Waals surface area contributed by atoms with Crippen LogP contribution in [-0.4, -0.2) is 26.8 Å². The molecule has 0 spiro atoms. The summed E-state index contributed by atoms with van der Waals surface area (Å²) in [5.41, 5.74) is 5.75. The second kappa shape index (κ2) is 5.64. The van der Waals surface area contributed by atoms with E-state index in [2.05, 4.69) is 4.98 Å². The zero-order valence-corrected chi connectivity index (χ0v) is 10.6. The van der Waals surface area contributed by atoms with Crippen molar-refractivity contribution in [1.29, 1.82) is 0 Å². The highest BCUT2D eigenvalue weighted by atomic mass is 16.4. The largest absolute Gasteiger partial charge is 0.478 e. The predicted octanol–water partition coefficient (Wildman–Crippen LogP) is 1.17. The van der Waals surface area contributed by atoms with Crippen molar-refractivity contribution in [3.63, 3.8) is 0 Å². The Labute approximate surface area is 106 Å². The van der Waals surface area contributed by atoms with E-state index in [0.717, 1.165) is 11.8 Å². The van der Waals surface area contributed by atoms with Gasteiger partial charge >= 0.3 is 5.97 Å². The highest BCUT2D eigenvalue weighted by Crippen LogP contribution is 2.16. The minimum Gasteiger partial charge on any atom is -0.478 e. The van der Waals surface area contributed by atoms with Crippen molar-refractivity contribution in [2.75, 3.05) is 0 Å². The Morgan fingerprint density at radius 1 is 1.56 bits per heavy atom. The van der Waals surface area contributed by atoms with E-state index >= 15 is 0 Å². The molecule has 0 aromatic carbocycles. The summed E-state index contributed by atoms with van der Waals surface area (Å²) in [4.78, 5) is 14.9. The van der Waals surface area contributed by atoms with E-state index in [1.165, 1.54) is 0 Å². The average molecular weight is 250 g/mol. The summed E-state index contributed by atoms with van der Waals surface area (Å²) >= 11 is 0. The zero-order valence-electron chi connectivity index (χ0n) is 10.6. The van der Waals surface area contributed by atoms with Crippen molar-refractivity contribution in [2.24, 2.45) is 5.73 Å². The third-order valence-electron chi connectivity index (χ3n) is 2.52. The Morgan fingerprint density at radius 3 is 2.72 bits per heavy atom. The molecule has 0 atom stereocenters. The van der Waals surface area contributed by atoms with E-state index in [1.807, 2.05) is 0 Å². The predicted molar refractivity (Wildman–Crippen MR) is 68.7 cm³/mol. The monoisotopic (exact) mass is 250 g/mol.